The van der Waals surface area contributed by atoms with Gasteiger partial charge in [0.05, 0.1) is 0 Å². The molecule has 1 atom stereocenters. The predicted molar refractivity (Wildman–Crippen MR) is 108 cm³/mol. The zero-order valence-electron chi connectivity index (χ0n) is 16.6. The van der Waals surface area contributed by atoms with Crippen molar-refractivity contribution in [3.05, 3.63) is 71.8 Å². The summed E-state index contributed by atoms with van der Waals surface area (Å²) >= 11 is -3.10. The van der Waals surface area contributed by atoms with Gasteiger partial charge in [-0.3, -0.25) is 0 Å². The van der Waals surface area contributed by atoms with Crippen LogP contribution in [0.2, 0.25) is 8.87 Å². The Labute approximate surface area is 180 Å². The Bertz CT molecular complexity index is 698. The fourth-order valence-electron chi connectivity index (χ4n) is 3.31. The van der Waals surface area contributed by atoms with E-state index in [9.17, 15) is 26.3 Å². The summed E-state index contributed by atoms with van der Waals surface area (Å²) in [6.45, 7) is 0. The Hall–Kier alpha value is -1.22. The maximum absolute atomic E-state index is 12.6. The molecule has 0 saturated carbocycles. The first-order valence-corrected chi connectivity index (χ1v) is 16.0. The van der Waals surface area contributed by atoms with Crippen molar-refractivity contribution >= 4 is 20.2 Å². The van der Waals surface area contributed by atoms with Gasteiger partial charge in [0.2, 0.25) is 0 Å². The van der Waals surface area contributed by atoms with Crippen LogP contribution in [0.5, 0.6) is 0 Å². The summed E-state index contributed by atoms with van der Waals surface area (Å²) in [5.41, 5.74) is 1.91. The summed E-state index contributed by atoms with van der Waals surface area (Å²) in [7, 11) is 0. The summed E-state index contributed by atoms with van der Waals surface area (Å²) in [4.78, 5) is 0. The molecule has 166 valence electrons. The zero-order chi connectivity index (χ0) is 22.0. The molecule has 0 fully saturated rings. The first-order valence-electron chi connectivity index (χ1n) is 10.0. The normalized spacial score (nSPS) is 13.6. The minimum atomic E-state index is -4.26. The quantitative estimate of drug-likeness (QED) is 0.214. The third-order valence-electron chi connectivity index (χ3n) is 4.76. The van der Waals surface area contributed by atoms with Gasteiger partial charge in [-0.15, -0.1) is 0 Å². The topological polar surface area (TPSA) is 9.23 Å². The summed E-state index contributed by atoms with van der Waals surface area (Å²) in [5.74, 6) is 0. The third-order valence-corrected chi connectivity index (χ3v) is 12.8. The van der Waals surface area contributed by atoms with Crippen LogP contribution in [0.25, 0.3) is 0 Å². The van der Waals surface area contributed by atoms with E-state index in [0.29, 0.717) is 6.42 Å². The van der Waals surface area contributed by atoms with Crippen LogP contribution < -0.4 is 0 Å². The van der Waals surface area contributed by atoms with Crippen molar-refractivity contribution in [2.75, 3.05) is 0 Å². The van der Waals surface area contributed by atoms with E-state index in [1.54, 1.807) is 0 Å². The molecule has 0 aliphatic heterocycles. The fourth-order valence-corrected chi connectivity index (χ4v) is 10.7. The first-order chi connectivity index (χ1) is 14.1. The second kappa shape index (κ2) is 12.0. The van der Waals surface area contributed by atoms with Crippen LogP contribution in [0.1, 0.15) is 42.9 Å². The molecular formula is C22H26F6OSn. The second-order valence-corrected chi connectivity index (χ2v) is 15.0. The predicted octanol–water partition coefficient (Wildman–Crippen LogP) is 7.40. The van der Waals surface area contributed by atoms with Crippen molar-refractivity contribution in [3.63, 3.8) is 0 Å². The van der Waals surface area contributed by atoms with Gasteiger partial charge < -0.3 is 0 Å². The van der Waals surface area contributed by atoms with E-state index in [2.05, 4.69) is 0 Å². The molecule has 1 unspecified atom stereocenters. The van der Waals surface area contributed by atoms with E-state index in [4.69, 9.17) is 3.07 Å². The van der Waals surface area contributed by atoms with E-state index >= 15 is 0 Å². The molecule has 1 nitrogen and oxygen atoms in total. The average molecular weight is 539 g/mol. The number of benzene rings is 2. The van der Waals surface area contributed by atoms with Crippen molar-refractivity contribution in [3.8, 4) is 0 Å². The molecule has 0 radical (unpaired) electrons. The Kier molecular flexibility index (Phi) is 10.00. The molecule has 0 bridgehead atoms. The summed E-state index contributed by atoms with van der Waals surface area (Å²) in [6, 6.07) is 18.9. The third kappa shape index (κ3) is 10.7. The molecule has 2 rings (SSSR count). The van der Waals surface area contributed by atoms with E-state index in [-0.39, 0.29) is 27.8 Å². The Morgan fingerprint density at radius 1 is 0.700 bits per heavy atom. The van der Waals surface area contributed by atoms with Crippen LogP contribution in [0.15, 0.2) is 60.7 Å². The van der Waals surface area contributed by atoms with Crippen LogP contribution in [0, 0.1) is 0 Å². The molecule has 0 aliphatic rings. The van der Waals surface area contributed by atoms with Crippen LogP contribution in [0.4, 0.5) is 26.3 Å². The first kappa shape index (κ1) is 25.0. The van der Waals surface area contributed by atoms with Crippen LogP contribution >= 0.6 is 0 Å². The maximum atomic E-state index is 12.6. The van der Waals surface area contributed by atoms with Crippen LogP contribution in [-0.2, 0) is 9.49 Å². The van der Waals surface area contributed by atoms with Crippen LogP contribution in [-0.4, -0.2) is 32.5 Å². The monoisotopic (exact) mass is 540 g/mol. The molecule has 0 N–H and O–H groups in total. The Morgan fingerprint density at radius 2 is 1.17 bits per heavy atom. The number of halogens is 6. The standard InChI is InChI=1S/C14H13O.2C4H6F3.Sn.H/c15-14(13-9-5-2-6-10-13)11-12-7-3-1-4-8-12;2*1-2-3-4(5,6)7;;/h1-10,14H,11H2;2*1-3H2;;/q-1;;;+1;. The Morgan fingerprint density at radius 3 is 1.63 bits per heavy atom. The van der Waals surface area contributed by atoms with E-state index < -0.39 is 45.4 Å². The summed E-state index contributed by atoms with van der Waals surface area (Å²) in [5, 5.41) is 0. The molecule has 2 aromatic rings. The average Bonchev–Trinajstić information content (AvgIpc) is 2.67. The molecule has 0 saturated heterocycles. The van der Waals surface area contributed by atoms with Crippen molar-refractivity contribution in [2.24, 2.45) is 0 Å². The number of rotatable bonds is 11. The fraction of sp³-hybridized carbons (Fsp3) is 0.455. The van der Waals surface area contributed by atoms with Crippen molar-refractivity contribution in [1.29, 1.82) is 0 Å². The molecular weight excluding hydrogens is 513 g/mol. The molecule has 0 heterocycles. The number of hydrogen-bond donors (Lipinski definition) is 0. The SMILES string of the molecule is FC(F)(F)CC[CH2][SnH]([CH2]CCC(F)(F)F)[O]C(Cc1ccccc1)c1ccccc1. The van der Waals surface area contributed by atoms with Gasteiger partial charge in [-0.1, -0.05) is 0 Å². The molecule has 0 spiro atoms. The van der Waals surface area contributed by atoms with Gasteiger partial charge in [0.1, 0.15) is 0 Å². The zero-order valence-corrected chi connectivity index (χ0v) is 19.8. The van der Waals surface area contributed by atoms with Gasteiger partial charge in [0.25, 0.3) is 0 Å². The van der Waals surface area contributed by atoms with Gasteiger partial charge in [0, 0.05) is 0 Å². The number of hydrogen-bond acceptors (Lipinski definition) is 1. The number of alkyl halides is 6. The van der Waals surface area contributed by atoms with Crippen LogP contribution in [0.3, 0.4) is 0 Å². The molecule has 0 aliphatic carbocycles. The van der Waals surface area contributed by atoms with Crippen molar-refractivity contribution in [2.45, 2.75) is 59.4 Å². The van der Waals surface area contributed by atoms with E-state index in [0.717, 1.165) is 11.1 Å². The minimum absolute atomic E-state index is 0.0802. The van der Waals surface area contributed by atoms with Crippen molar-refractivity contribution < 1.29 is 29.4 Å². The molecule has 30 heavy (non-hydrogen) atoms. The summed E-state index contributed by atoms with van der Waals surface area (Å²) < 4.78 is 82.3. The van der Waals surface area contributed by atoms with E-state index in [1.807, 2.05) is 60.7 Å². The van der Waals surface area contributed by atoms with Gasteiger partial charge in [-0.05, 0) is 0 Å². The van der Waals surface area contributed by atoms with Gasteiger partial charge in [-0.25, -0.2) is 0 Å². The molecule has 2 aromatic carbocycles. The molecule has 0 aromatic heterocycles. The second-order valence-electron chi connectivity index (χ2n) is 7.36. The van der Waals surface area contributed by atoms with Crippen molar-refractivity contribution in [1.82, 2.24) is 0 Å². The Balaban J connectivity index is 2.10. The molecule has 0 amide bonds. The van der Waals surface area contributed by atoms with E-state index in [1.165, 1.54) is 0 Å². The summed E-state index contributed by atoms with van der Waals surface area (Å²) in [6.07, 6.45) is -10.3. The van der Waals surface area contributed by atoms with Gasteiger partial charge in [0.15, 0.2) is 0 Å². The van der Waals surface area contributed by atoms with Gasteiger partial charge in [-0.2, -0.15) is 0 Å². The van der Waals surface area contributed by atoms with Gasteiger partial charge >= 0.3 is 181 Å². The molecule has 8 heteroatoms.